The molecule has 0 saturated carbocycles. The fourth-order valence-electron chi connectivity index (χ4n) is 1.68. The van der Waals surface area contributed by atoms with E-state index in [-0.39, 0.29) is 11.7 Å². The summed E-state index contributed by atoms with van der Waals surface area (Å²) in [5, 5.41) is 0. The smallest absolute Gasteiger partial charge is 0.410 e. The highest BCUT2D eigenvalue weighted by Gasteiger charge is 2.26. The number of halogens is 1. The van der Waals surface area contributed by atoms with Gasteiger partial charge in [0.25, 0.3) is 0 Å². The summed E-state index contributed by atoms with van der Waals surface area (Å²) in [6.07, 6.45) is 2.19. The molecule has 0 aromatic carbocycles. The zero-order valence-electron chi connectivity index (χ0n) is 9.75. The minimum Gasteiger partial charge on any atom is -0.444 e. The van der Waals surface area contributed by atoms with Crippen LogP contribution in [-0.4, -0.2) is 34.1 Å². The Hall–Kier alpha value is 0. The first-order valence-electron chi connectivity index (χ1n) is 5.46. The van der Waals surface area contributed by atoms with E-state index in [2.05, 4.69) is 22.6 Å². The molecule has 1 fully saturated rings. The molecule has 1 aliphatic rings. The van der Waals surface area contributed by atoms with Gasteiger partial charge < -0.3 is 9.64 Å². The second-order valence-corrected chi connectivity index (χ2v) is 5.97. The van der Waals surface area contributed by atoms with E-state index in [4.69, 9.17) is 4.74 Å². The van der Waals surface area contributed by atoms with Crippen molar-refractivity contribution in [3.05, 3.63) is 0 Å². The van der Waals surface area contributed by atoms with E-state index in [1.54, 1.807) is 0 Å². The van der Waals surface area contributed by atoms with Gasteiger partial charge in [-0.05, 0) is 39.5 Å². The van der Waals surface area contributed by atoms with E-state index in [9.17, 15) is 4.79 Å². The van der Waals surface area contributed by atoms with Gasteiger partial charge in [-0.2, -0.15) is 0 Å². The number of piperidine rings is 1. The van der Waals surface area contributed by atoms with Crippen LogP contribution in [0.2, 0.25) is 0 Å². The molecule has 4 heteroatoms. The molecule has 3 nitrogen and oxygen atoms in total. The molecule has 0 N–H and O–H groups in total. The predicted molar refractivity (Wildman–Crippen MR) is 69.4 cm³/mol. The molecule has 1 saturated heterocycles. The third-order valence-corrected chi connectivity index (χ3v) is 3.63. The van der Waals surface area contributed by atoms with Crippen LogP contribution in [0.1, 0.15) is 33.6 Å². The van der Waals surface area contributed by atoms with Gasteiger partial charge in [0.1, 0.15) is 5.60 Å². The summed E-state index contributed by atoms with van der Waals surface area (Å²) in [6, 6.07) is 0. The van der Waals surface area contributed by atoms with Gasteiger partial charge in [0, 0.05) is 17.5 Å². The van der Waals surface area contributed by atoms with Crippen LogP contribution in [0.15, 0.2) is 0 Å². The summed E-state index contributed by atoms with van der Waals surface area (Å²) < 4.78 is 6.48. The molecular weight excluding hydrogens is 305 g/mol. The first-order chi connectivity index (χ1) is 6.92. The topological polar surface area (TPSA) is 29.5 Å². The first-order valence-corrected chi connectivity index (χ1v) is 6.99. The third-order valence-electron chi connectivity index (χ3n) is 2.39. The second-order valence-electron chi connectivity index (χ2n) is 5.09. The fraction of sp³-hybridized carbons (Fsp3) is 0.909. The number of ether oxygens (including phenoxy) is 1. The number of carbonyl (C=O) groups excluding carboxylic acids is 1. The summed E-state index contributed by atoms with van der Waals surface area (Å²) in [5.41, 5.74) is -0.381. The Morgan fingerprint density at radius 3 is 2.73 bits per heavy atom. The maximum absolute atomic E-state index is 11.8. The predicted octanol–water partition coefficient (Wildman–Crippen LogP) is 3.07. The summed E-state index contributed by atoms with van der Waals surface area (Å²) in [5.74, 6) is 0.645. The summed E-state index contributed by atoms with van der Waals surface area (Å²) >= 11 is 2.39. The van der Waals surface area contributed by atoms with E-state index in [1.165, 1.54) is 6.42 Å². The number of nitrogens with zero attached hydrogens (tertiary/aromatic N) is 1. The van der Waals surface area contributed by atoms with Gasteiger partial charge in [-0.25, -0.2) is 4.79 Å². The molecule has 0 aromatic heterocycles. The molecule has 15 heavy (non-hydrogen) atoms. The molecule has 1 atom stereocenters. The molecule has 1 rings (SSSR count). The van der Waals surface area contributed by atoms with Gasteiger partial charge in [0.2, 0.25) is 0 Å². The van der Waals surface area contributed by atoms with E-state index in [0.29, 0.717) is 5.92 Å². The number of hydrogen-bond donors (Lipinski definition) is 0. The summed E-state index contributed by atoms with van der Waals surface area (Å²) in [6.45, 7) is 7.43. The zero-order valence-corrected chi connectivity index (χ0v) is 11.9. The highest BCUT2D eigenvalue weighted by atomic mass is 127. The Bertz CT molecular complexity index is 225. The Balaban J connectivity index is 2.45. The average Bonchev–Trinajstić information content (AvgIpc) is 2.15. The van der Waals surface area contributed by atoms with E-state index < -0.39 is 0 Å². The minimum atomic E-state index is -0.381. The number of rotatable bonds is 1. The molecule has 0 radical (unpaired) electrons. The standard InChI is InChI=1S/C11H20INO2/c1-11(2,3)15-10(14)13-6-4-5-9(7-12)8-13/h9H,4-8H2,1-3H3/t9-/m0/s1. The Morgan fingerprint density at radius 1 is 1.53 bits per heavy atom. The SMILES string of the molecule is CC(C)(C)OC(=O)N1CCC[C@@H](CI)C1. The lowest BCUT2D eigenvalue weighted by molar-refractivity contribution is 0.0178. The van der Waals surface area contributed by atoms with Gasteiger partial charge in [0.05, 0.1) is 0 Å². The number of likely N-dealkylation sites (tertiary alicyclic amines) is 1. The van der Waals surface area contributed by atoms with Crippen LogP contribution in [-0.2, 0) is 4.74 Å². The van der Waals surface area contributed by atoms with Crippen LogP contribution in [0.5, 0.6) is 0 Å². The average molecular weight is 325 g/mol. The van der Waals surface area contributed by atoms with Crippen molar-refractivity contribution in [2.45, 2.75) is 39.2 Å². The first kappa shape index (κ1) is 13.1. The molecule has 0 bridgehead atoms. The zero-order chi connectivity index (χ0) is 11.5. The normalized spacial score (nSPS) is 22.7. The molecule has 0 unspecified atom stereocenters. The molecular formula is C11H20INO2. The van der Waals surface area contributed by atoms with Crippen molar-refractivity contribution in [2.24, 2.45) is 5.92 Å². The highest BCUT2D eigenvalue weighted by molar-refractivity contribution is 14.1. The molecule has 0 aliphatic carbocycles. The van der Waals surface area contributed by atoms with Crippen LogP contribution >= 0.6 is 22.6 Å². The lowest BCUT2D eigenvalue weighted by atomic mass is 10.0. The molecule has 0 aromatic rings. The Labute approximate surface area is 106 Å². The van der Waals surface area contributed by atoms with Crippen molar-refractivity contribution >= 4 is 28.7 Å². The number of carbonyl (C=O) groups is 1. The maximum Gasteiger partial charge on any atom is 0.410 e. The van der Waals surface area contributed by atoms with Crippen molar-refractivity contribution in [3.8, 4) is 0 Å². The van der Waals surface area contributed by atoms with Gasteiger partial charge >= 0.3 is 6.09 Å². The molecule has 1 amide bonds. The summed E-state index contributed by atoms with van der Waals surface area (Å²) in [7, 11) is 0. The van der Waals surface area contributed by atoms with Gasteiger partial charge in [-0.3, -0.25) is 0 Å². The van der Waals surface area contributed by atoms with Crippen molar-refractivity contribution in [2.75, 3.05) is 17.5 Å². The number of hydrogen-bond acceptors (Lipinski definition) is 2. The number of amides is 1. The maximum atomic E-state index is 11.8. The second kappa shape index (κ2) is 5.37. The fourth-order valence-corrected chi connectivity index (χ4v) is 2.40. The largest absolute Gasteiger partial charge is 0.444 e. The Morgan fingerprint density at radius 2 is 2.20 bits per heavy atom. The lowest BCUT2D eigenvalue weighted by Gasteiger charge is -2.33. The van der Waals surface area contributed by atoms with Gasteiger partial charge in [-0.15, -0.1) is 0 Å². The van der Waals surface area contributed by atoms with Crippen molar-refractivity contribution in [1.82, 2.24) is 4.90 Å². The molecule has 88 valence electrons. The highest BCUT2D eigenvalue weighted by Crippen LogP contribution is 2.20. The summed E-state index contributed by atoms with van der Waals surface area (Å²) in [4.78, 5) is 13.6. The number of alkyl halides is 1. The van der Waals surface area contributed by atoms with E-state index in [0.717, 1.165) is 23.9 Å². The molecule has 0 spiro atoms. The van der Waals surface area contributed by atoms with Crippen LogP contribution in [0.3, 0.4) is 0 Å². The Kier molecular flexibility index (Phi) is 4.67. The van der Waals surface area contributed by atoms with Crippen LogP contribution < -0.4 is 0 Å². The van der Waals surface area contributed by atoms with E-state index >= 15 is 0 Å². The lowest BCUT2D eigenvalue weighted by Crippen LogP contribution is -2.43. The monoisotopic (exact) mass is 325 g/mol. The van der Waals surface area contributed by atoms with Crippen LogP contribution in [0.25, 0.3) is 0 Å². The van der Waals surface area contributed by atoms with Crippen molar-refractivity contribution < 1.29 is 9.53 Å². The van der Waals surface area contributed by atoms with Crippen molar-refractivity contribution in [3.63, 3.8) is 0 Å². The van der Waals surface area contributed by atoms with Crippen LogP contribution in [0.4, 0.5) is 4.79 Å². The van der Waals surface area contributed by atoms with Crippen LogP contribution in [0, 0.1) is 5.92 Å². The van der Waals surface area contributed by atoms with Gasteiger partial charge in [0.15, 0.2) is 0 Å². The minimum absolute atomic E-state index is 0.156. The van der Waals surface area contributed by atoms with E-state index in [1.807, 2.05) is 25.7 Å². The third kappa shape index (κ3) is 4.57. The van der Waals surface area contributed by atoms with Crippen molar-refractivity contribution in [1.29, 1.82) is 0 Å². The molecule has 1 heterocycles. The quantitative estimate of drug-likeness (QED) is 0.548. The molecule has 1 aliphatic heterocycles. The van der Waals surface area contributed by atoms with Gasteiger partial charge in [-0.1, -0.05) is 22.6 Å².